The third kappa shape index (κ3) is 4.45. The number of carbonyl (C=O) groups is 1. The number of aromatic nitrogens is 2. The molecule has 152 valence electrons. The predicted octanol–water partition coefficient (Wildman–Crippen LogP) is 1.57. The standard InChI is InChI=1S/C20H28N4O3S/c25-17(21-7-3-8-23-10-12-27-13-11-23)6-9-24-14-22-19-18(20(24)26)15-4-1-2-5-16(15)28-19/h14H,1-13H2,(H,21,25). The topological polar surface area (TPSA) is 76.5 Å². The fraction of sp³-hybridized carbons (Fsp3) is 0.650. The van der Waals surface area contributed by atoms with Gasteiger partial charge in [-0.05, 0) is 44.2 Å². The molecule has 0 radical (unpaired) electrons. The number of ether oxygens (including phenoxy) is 1. The summed E-state index contributed by atoms with van der Waals surface area (Å²) in [6, 6.07) is 0. The van der Waals surface area contributed by atoms with E-state index >= 15 is 0 Å². The molecule has 1 saturated heterocycles. The van der Waals surface area contributed by atoms with Crippen LogP contribution in [0.5, 0.6) is 0 Å². The van der Waals surface area contributed by atoms with Crippen molar-refractivity contribution in [1.29, 1.82) is 0 Å². The fourth-order valence-corrected chi connectivity index (χ4v) is 5.23. The summed E-state index contributed by atoms with van der Waals surface area (Å²) < 4.78 is 6.93. The molecule has 0 spiro atoms. The first kappa shape index (κ1) is 19.5. The molecule has 0 saturated carbocycles. The van der Waals surface area contributed by atoms with Crippen LogP contribution in [0.4, 0.5) is 0 Å². The van der Waals surface area contributed by atoms with E-state index in [9.17, 15) is 9.59 Å². The molecule has 0 atom stereocenters. The van der Waals surface area contributed by atoms with Crippen LogP contribution in [0.3, 0.4) is 0 Å². The van der Waals surface area contributed by atoms with Crippen LogP contribution >= 0.6 is 11.3 Å². The summed E-state index contributed by atoms with van der Waals surface area (Å²) >= 11 is 1.66. The van der Waals surface area contributed by atoms with Crippen LogP contribution in [0.2, 0.25) is 0 Å². The fourth-order valence-electron chi connectivity index (χ4n) is 4.01. The average molecular weight is 405 g/mol. The second-order valence-electron chi connectivity index (χ2n) is 7.54. The Kier molecular flexibility index (Phi) is 6.39. The van der Waals surface area contributed by atoms with Gasteiger partial charge in [0, 0.05) is 37.5 Å². The molecule has 28 heavy (non-hydrogen) atoms. The van der Waals surface area contributed by atoms with Gasteiger partial charge in [0.15, 0.2) is 0 Å². The van der Waals surface area contributed by atoms with Crippen molar-refractivity contribution in [3.63, 3.8) is 0 Å². The van der Waals surface area contributed by atoms with E-state index in [4.69, 9.17) is 4.74 Å². The van der Waals surface area contributed by atoms with Crippen molar-refractivity contribution < 1.29 is 9.53 Å². The Labute approximate surface area is 168 Å². The number of hydrogen-bond donors (Lipinski definition) is 1. The number of hydrogen-bond acceptors (Lipinski definition) is 6. The third-order valence-electron chi connectivity index (χ3n) is 5.60. The second-order valence-corrected chi connectivity index (χ2v) is 8.63. The van der Waals surface area contributed by atoms with Crippen LogP contribution in [0.15, 0.2) is 11.1 Å². The zero-order chi connectivity index (χ0) is 19.3. The molecule has 0 bridgehead atoms. The lowest BCUT2D eigenvalue weighted by Gasteiger charge is -2.26. The van der Waals surface area contributed by atoms with Gasteiger partial charge in [0.25, 0.3) is 5.56 Å². The monoisotopic (exact) mass is 404 g/mol. The molecular formula is C20H28N4O3S. The van der Waals surface area contributed by atoms with E-state index in [1.807, 2.05) is 0 Å². The number of morpholine rings is 1. The zero-order valence-electron chi connectivity index (χ0n) is 16.2. The van der Waals surface area contributed by atoms with E-state index in [0.717, 1.165) is 68.7 Å². The number of fused-ring (bicyclic) bond motifs is 3. The van der Waals surface area contributed by atoms with Gasteiger partial charge in [-0.15, -0.1) is 11.3 Å². The van der Waals surface area contributed by atoms with Gasteiger partial charge in [0.2, 0.25) is 5.91 Å². The smallest absolute Gasteiger partial charge is 0.262 e. The van der Waals surface area contributed by atoms with Gasteiger partial charge in [-0.3, -0.25) is 19.1 Å². The quantitative estimate of drug-likeness (QED) is 0.709. The van der Waals surface area contributed by atoms with Crippen molar-refractivity contribution in [3.8, 4) is 0 Å². The van der Waals surface area contributed by atoms with Gasteiger partial charge in [-0.25, -0.2) is 4.98 Å². The molecule has 1 fully saturated rings. The highest BCUT2D eigenvalue weighted by Gasteiger charge is 2.20. The van der Waals surface area contributed by atoms with E-state index < -0.39 is 0 Å². The van der Waals surface area contributed by atoms with Crippen molar-refractivity contribution in [2.75, 3.05) is 39.4 Å². The number of amides is 1. The number of thiophene rings is 1. The second kappa shape index (κ2) is 9.15. The average Bonchev–Trinajstić information content (AvgIpc) is 3.11. The zero-order valence-corrected chi connectivity index (χ0v) is 17.1. The molecule has 2 aromatic heterocycles. The minimum atomic E-state index is -0.0127. The minimum absolute atomic E-state index is 0.00418. The molecule has 0 unspecified atom stereocenters. The maximum Gasteiger partial charge on any atom is 0.262 e. The van der Waals surface area contributed by atoms with Crippen molar-refractivity contribution >= 4 is 27.5 Å². The summed E-state index contributed by atoms with van der Waals surface area (Å²) in [5.41, 5.74) is 1.20. The van der Waals surface area contributed by atoms with Gasteiger partial charge < -0.3 is 10.1 Å². The lowest BCUT2D eigenvalue weighted by Crippen LogP contribution is -2.38. The molecule has 3 heterocycles. The molecule has 4 rings (SSSR count). The Hall–Kier alpha value is -1.77. The summed E-state index contributed by atoms with van der Waals surface area (Å²) in [6.45, 7) is 5.56. The Morgan fingerprint density at radius 1 is 1.21 bits per heavy atom. The minimum Gasteiger partial charge on any atom is -0.379 e. The summed E-state index contributed by atoms with van der Waals surface area (Å²) in [4.78, 5) is 34.1. The molecule has 1 amide bonds. The lowest BCUT2D eigenvalue weighted by atomic mass is 9.97. The maximum absolute atomic E-state index is 12.9. The van der Waals surface area contributed by atoms with Gasteiger partial charge >= 0.3 is 0 Å². The van der Waals surface area contributed by atoms with E-state index in [0.29, 0.717) is 19.5 Å². The van der Waals surface area contributed by atoms with Crippen molar-refractivity contribution in [2.45, 2.75) is 45.1 Å². The molecule has 0 aromatic carbocycles. The highest BCUT2D eigenvalue weighted by atomic mass is 32.1. The highest BCUT2D eigenvalue weighted by Crippen LogP contribution is 2.33. The summed E-state index contributed by atoms with van der Waals surface area (Å²) in [6.07, 6.45) is 7.19. The Morgan fingerprint density at radius 2 is 2.04 bits per heavy atom. The van der Waals surface area contributed by atoms with Gasteiger partial charge in [-0.1, -0.05) is 0 Å². The molecule has 7 nitrogen and oxygen atoms in total. The van der Waals surface area contributed by atoms with Gasteiger partial charge in [-0.2, -0.15) is 0 Å². The Morgan fingerprint density at radius 3 is 2.89 bits per heavy atom. The molecule has 1 N–H and O–H groups in total. The molecule has 2 aliphatic rings. The van der Waals surface area contributed by atoms with Crippen LogP contribution in [-0.4, -0.2) is 59.8 Å². The number of carbonyl (C=O) groups excluding carboxylic acids is 1. The molecule has 8 heteroatoms. The molecule has 1 aliphatic heterocycles. The van der Waals surface area contributed by atoms with Crippen LogP contribution in [0.25, 0.3) is 10.2 Å². The SMILES string of the molecule is O=C(CCn1cnc2sc3c(c2c1=O)CCCC3)NCCCN1CCOCC1. The third-order valence-corrected chi connectivity index (χ3v) is 6.80. The number of rotatable bonds is 7. The van der Waals surface area contributed by atoms with Crippen LogP contribution in [0.1, 0.15) is 36.1 Å². The number of nitrogens with zero attached hydrogens (tertiary/aromatic N) is 3. The first-order valence-corrected chi connectivity index (χ1v) is 11.1. The van der Waals surface area contributed by atoms with Crippen molar-refractivity contribution in [3.05, 3.63) is 27.1 Å². The number of aryl methyl sites for hydroxylation is 3. The van der Waals surface area contributed by atoms with Crippen LogP contribution in [0, 0.1) is 0 Å². The van der Waals surface area contributed by atoms with E-state index in [1.165, 1.54) is 16.9 Å². The van der Waals surface area contributed by atoms with E-state index in [1.54, 1.807) is 22.2 Å². The predicted molar refractivity (Wildman–Crippen MR) is 110 cm³/mol. The van der Waals surface area contributed by atoms with E-state index in [2.05, 4.69) is 15.2 Å². The first-order valence-electron chi connectivity index (χ1n) is 10.3. The number of nitrogens with one attached hydrogen (secondary N) is 1. The van der Waals surface area contributed by atoms with Crippen LogP contribution in [-0.2, 0) is 28.9 Å². The largest absolute Gasteiger partial charge is 0.379 e. The first-order chi connectivity index (χ1) is 13.7. The normalized spacial score (nSPS) is 17.6. The van der Waals surface area contributed by atoms with E-state index in [-0.39, 0.29) is 11.5 Å². The van der Waals surface area contributed by atoms with Crippen LogP contribution < -0.4 is 10.9 Å². The molecular weight excluding hydrogens is 376 g/mol. The summed E-state index contributed by atoms with van der Waals surface area (Å²) in [5, 5.41) is 3.75. The Bertz CT molecular complexity index is 885. The van der Waals surface area contributed by atoms with Crippen molar-refractivity contribution in [1.82, 2.24) is 19.8 Å². The molecule has 1 aliphatic carbocycles. The van der Waals surface area contributed by atoms with Crippen molar-refractivity contribution in [2.24, 2.45) is 0 Å². The summed E-state index contributed by atoms with van der Waals surface area (Å²) in [7, 11) is 0. The molecule has 2 aromatic rings. The lowest BCUT2D eigenvalue weighted by molar-refractivity contribution is -0.121. The highest BCUT2D eigenvalue weighted by molar-refractivity contribution is 7.18. The maximum atomic E-state index is 12.9. The van der Waals surface area contributed by atoms with Gasteiger partial charge in [0.05, 0.1) is 24.9 Å². The Balaban J connectivity index is 1.28. The van der Waals surface area contributed by atoms with Gasteiger partial charge in [0.1, 0.15) is 4.83 Å². The summed E-state index contributed by atoms with van der Waals surface area (Å²) in [5.74, 6) is -0.0127.